The molecule has 0 spiro atoms. The minimum absolute atomic E-state index is 0.108. The van der Waals surface area contributed by atoms with E-state index in [0.717, 1.165) is 36.3 Å². The molecule has 8 heteroatoms. The number of carbonyl (C=O) groups is 2. The molecule has 160 valence electrons. The average molecular weight is 431 g/mol. The van der Waals surface area contributed by atoms with Crippen LogP contribution in [0.2, 0.25) is 5.02 Å². The number of nitrogens with zero attached hydrogens (tertiary/aromatic N) is 1. The maximum absolute atomic E-state index is 12.5. The van der Waals surface area contributed by atoms with E-state index in [4.69, 9.17) is 22.1 Å². The van der Waals surface area contributed by atoms with E-state index >= 15 is 0 Å². The highest BCUT2D eigenvalue weighted by atomic mass is 35.5. The van der Waals surface area contributed by atoms with Crippen molar-refractivity contribution in [1.29, 1.82) is 0 Å². The van der Waals surface area contributed by atoms with Crippen LogP contribution in [0.25, 0.3) is 0 Å². The number of hydrogen-bond donors (Lipinski definition) is 3. The second-order valence-corrected chi connectivity index (χ2v) is 7.69. The van der Waals surface area contributed by atoms with Gasteiger partial charge in [-0.2, -0.15) is 0 Å². The number of amides is 2. The highest BCUT2D eigenvalue weighted by Gasteiger charge is 2.29. The van der Waals surface area contributed by atoms with Crippen molar-refractivity contribution in [2.24, 2.45) is 5.73 Å². The fourth-order valence-corrected chi connectivity index (χ4v) is 3.85. The zero-order chi connectivity index (χ0) is 21.5. The predicted octanol–water partition coefficient (Wildman–Crippen LogP) is 3.24. The summed E-state index contributed by atoms with van der Waals surface area (Å²) in [4.78, 5) is 26.2. The molecule has 3 rings (SSSR count). The van der Waals surface area contributed by atoms with Gasteiger partial charge in [0.25, 0.3) is 0 Å². The first kappa shape index (κ1) is 21.9. The minimum Gasteiger partial charge on any atom is -0.495 e. The number of para-hydroxylation sites is 1. The molecule has 2 aromatic rings. The van der Waals surface area contributed by atoms with E-state index in [1.807, 2.05) is 24.3 Å². The first-order valence-corrected chi connectivity index (χ1v) is 10.3. The van der Waals surface area contributed by atoms with Gasteiger partial charge < -0.3 is 21.1 Å². The van der Waals surface area contributed by atoms with Crippen molar-refractivity contribution in [3.63, 3.8) is 0 Å². The largest absolute Gasteiger partial charge is 0.495 e. The lowest BCUT2D eigenvalue weighted by Gasteiger charge is -2.23. The molecule has 0 saturated carbocycles. The Kier molecular flexibility index (Phi) is 7.54. The van der Waals surface area contributed by atoms with Crippen molar-refractivity contribution in [2.45, 2.75) is 31.8 Å². The van der Waals surface area contributed by atoms with Crippen LogP contribution in [0.5, 0.6) is 5.75 Å². The van der Waals surface area contributed by atoms with Crippen LogP contribution in [0, 0.1) is 0 Å². The molecule has 1 unspecified atom stereocenters. The Bertz CT molecular complexity index is 906. The molecule has 4 N–H and O–H groups in total. The number of benzene rings is 2. The van der Waals surface area contributed by atoms with Gasteiger partial charge in [0, 0.05) is 30.2 Å². The van der Waals surface area contributed by atoms with E-state index in [0.29, 0.717) is 23.9 Å². The quantitative estimate of drug-likeness (QED) is 0.567. The highest BCUT2D eigenvalue weighted by Crippen LogP contribution is 2.28. The number of nitrogens with one attached hydrogen (secondary N) is 2. The zero-order valence-corrected chi connectivity index (χ0v) is 17.7. The fourth-order valence-electron chi connectivity index (χ4n) is 3.68. The number of methoxy groups -OCH3 is 1. The average Bonchev–Trinajstić information content (AvgIpc) is 3.18. The predicted molar refractivity (Wildman–Crippen MR) is 119 cm³/mol. The number of likely N-dealkylation sites (tertiary alicyclic amines) is 1. The molecular weight excluding hydrogens is 404 g/mol. The van der Waals surface area contributed by atoms with Gasteiger partial charge in [-0.3, -0.25) is 14.5 Å². The van der Waals surface area contributed by atoms with Gasteiger partial charge in [-0.1, -0.05) is 29.8 Å². The van der Waals surface area contributed by atoms with Crippen molar-refractivity contribution in [2.75, 3.05) is 30.8 Å². The van der Waals surface area contributed by atoms with Crippen LogP contribution in [-0.2, 0) is 16.1 Å². The number of anilines is 2. The van der Waals surface area contributed by atoms with E-state index in [1.165, 1.54) is 0 Å². The monoisotopic (exact) mass is 430 g/mol. The van der Waals surface area contributed by atoms with E-state index < -0.39 is 0 Å². The standard InChI is InChI=1S/C22H27ClN4O3/c1-30-20-9-8-16(23)13-18(20)25-11-10-21(28)26-17-6-3-2-5-15(17)14-27-12-4-7-19(27)22(24)29/h2-3,5-6,8-9,13,19,25H,4,7,10-12,14H2,1H3,(H2,24,29)(H,26,28). The van der Waals surface area contributed by atoms with Crippen molar-refractivity contribution in [1.82, 2.24) is 4.90 Å². The van der Waals surface area contributed by atoms with Gasteiger partial charge >= 0.3 is 0 Å². The molecule has 1 heterocycles. The lowest BCUT2D eigenvalue weighted by atomic mass is 10.1. The Morgan fingerprint density at radius 2 is 2.03 bits per heavy atom. The van der Waals surface area contributed by atoms with Crippen LogP contribution in [0.1, 0.15) is 24.8 Å². The lowest BCUT2D eigenvalue weighted by Crippen LogP contribution is -2.39. The molecule has 0 aliphatic carbocycles. The van der Waals surface area contributed by atoms with Crippen molar-refractivity contribution >= 4 is 34.8 Å². The summed E-state index contributed by atoms with van der Waals surface area (Å²) in [6.07, 6.45) is 2.00. The summed E-state index contributed by atoms with van der Waals surface area (Å²) in [6, 6.07) is 12.7. The van der Waals surface area contributed by atoms with Crippen molar-refractivity contribution in [3.8, 4) is 5.75 Å². The number of rotatable bonds is 9. The molecule has 0 aromatic heterocycles. The SMILES string of the molecule is COc1ccc(Cl)cc1NCCC(=O)Nc1ccccc1CN1CCCC1C(N)=O. The summed E-state index contributed by atoms with van der Waals surface area (Å²) in [5, 5.41) is 6.75. The Labute approximate surface area is 181 Å². The third kappa shape index (κ3) is 5.64. The summed E-state index contributed by atoms with van der Waals surface area (Å²) in [6.45, 7) is 1.82. The number of carbonyl (C=O) groups excluding carboxylic acids is 2. The van der Waals surface area contributed by atoms with Gasteiger partial charge in [0.05, 0.1) is 18.8 Å². The van der Waals surface area contributed by atoms with Gasteiger partial charge in [0.1, 0.15) is 5.75 Å². The van der Waals surface area contributed by atoms with Crippen molar-refractivity contribution in [3.05, 3.63) is 53.1 Å². The Morgan fingerprint density at radius 1 is 1.23 bits per heavy atom. The topological polar surface area (TPSA) is 96.7 Å². The summed E-state index contributed by atoms with van der Waals surface area (Å²) in [5.41, 5.74) is 7.97. The number of primary amides is 1. The van der Waals surface area contributed by atoms with Gasteiger partial charge in [-0.05, 0) is 49.2 Å². The van der Waals surface area contributed by atoms with Gasteiger partial charge in [-0.25, -0.2) is 0 Å². The Hall–Kier alpha value is -2.77. The minimum atomic E-state index is -0.295. The molecule has 30 heavy (non-hydrogen) atoms. The van der Waals surface area contributed by atoms with E-state index in [-0.39, 0.29) is 24.3 Å². The van der Waals surface area contributed by atoms with Crippen LogP contribution in [-0.4, -0.2) is 43.0 Å². The number of hydrogen-bond acceptors (Lipinski definition) is 5. The smallest absolute Gasteiger partial charge is 0.234 e. The van der Waals surface area contributed by atoms with E-state index in [2.05, 4.69) is 15.5 Å². The fraction of sp³-hybridized carbons (Fsp3) is 0.364. The molecule has 7 nitrogen and oxygen atoms in total. The lowest BCUT2D eigenvalue weighted by molar-refractivity contribution is -0.122. The number of nitrogens with two attached hydrogens (primary N) is 1. The van der Waals surface area contributed by atoms with Crippen LogP contribution in [0.3, 0.4) is 0 Å². The number of ether oxygens (including phenoxy) is 1. The molecule has 2 aromatic carbocycles. The first-order chi connectivity index (χ1) is 14.5. The summed E-state index contributed by atoms with van der Waals surface area (Å²) >= 11 is 6.03. The third-order valence-electron chi connectivity index (χ3n) is 5.19. The maximum Gasteiger partial charge on any atom is 0.234 e. The van der Waals surface area contributed by atoms with Gasteiger partial charge in [0.2, 0.25) is 11.8 Å². The molecule has 1 aliphatic rings. The maximum atomic E-state index is 12.5. The van der Waals surface area contributed by atoms with Crippen LogP contribution < -0.4 is 21.1 Å². The molecular formula is C22H27ClN4O3. The van der Waals surface area contributed by atoms with E-state index in [9.17, 15) is 9.59 Å². The second-order valence-electron chi connectivity index (χ2n) is 7.26. The summed E-state index contributed by atoms with van der Waals surface area (Å²) in [7, 11) is 1.58. The van der Waals surface area contributed by atoms with Gasteiger partial charge in [0.15, 0.2) is 0 Å². The second kappa shape index (κ2) is 10.3. The first-order valence-electron chi connectivity index (χ1n) is 9.96. The molecule has 1 atom stereocenters. The van der Waals surface area contributed by atoms with Crippen LogP contribution in [0.4, 0.5) is 11.4 Å². The third-order valence-corrected chi connectivity index (χ3v) is 5.42. The molecule has 2 amide bonds. The van der Waals surface area contributed by atoms with E-state index in [1.54, 1.807) is 25.3 Å². The highest BCUT2D eigenvalue weighted by molar-refractivity contribution is 6.30. The Morgan fingerprint density at radius 3 is 2.80 bits per heavy atom. The summed E-state index contributed by atoms with van der Waals surface area (Å²) < 4.78 is 5.30. The summed E-state index contributed by atoms with van der Waals surface area (Å²) in [5.74, 6) is 0.264. The van der Waals surface area contributed by atoms with Crippen LogP contribution >= 0.6 is 11.6 Å². The molecule has 1 aliphatic heterocycles. The molecule has 0 radical (unpaired) electrons. The molecule has 1 fully saturated rings. The molecule has 0 bridgehead atoms. The molecule has 1 saturated heterocycles. The van der Waals surface area contributed by atoms with Crippen LogP contribution in [0.15, 0.2) is 42.5 Å². The van der Waals surface area contributed by atoms with Gasteiger partial charge in [-0.15, -0.1) is 0 Å². The zero-order valence-electron chi connectivity index (χ0n) is 17.0. The number of halogens is 1. The normalized spacial score (nSPS) is 16.3. The Balaban J connectivity index is 1.57. The van der Waals surface area contributed by atoms with Crippen molar-refractivity contribution < 1.29 is 14.3 Å².